The molecule has 0 aromatic heterocycles. The molecule has 2 N–H and O–H groups in total. The quantitative estimate of drug-likeness (QED) is 0.334. The molecule has 212 valence electrons. The number of Topliss-reactive ketones (excluding diaryl/α,β-unsaturated/α-hetero) is 1. The number of hydrogen-bond acceptors (Lipinski definition) is 4. The number of carboxylic acids is 1. The Morgan fingerprint density at radius 1 is 0.872 bits per heavy atom. The second kappa shape index (κ2) is 11.6. The summed E-state index contributed by atoms with van der Waals surface area (Å²) in [7, 11) is 1.52. The maximum Gasteiger partial charge on any atom is 0.329 e. The van der Waals surface area contributed by atoms with Crippen molar-refractivity contribution in [1.82, 2.24) is 4.90 Å². The molecule has 0 aliphatic heterocycles. The van der Waals surface area contributed by atoms with E-state index in [4.69, 9.17) is 0 Å². The van der Waals surface area contributed by atoms with Gasteiger partial charge in [-0.3, -0.25) is 9.59 Å². The van der Waals surface area contributed by atoms with E-state index in [0.717, 1.165) is 54.4 Å². The van der Waals surface area contributed by atoms with E-state index < -0.39 is 17.1 Å². The number of carboxylic acid groups (broad SMARTS) is 1. The Bertz CT molecular complexity index is 1230. The van der Waals surface area contributed by atoms with Crippen molar-refractivity contribution in [2.45, 2.75) is 109 Å². The molecule has 0 unspecified atom stereocenters. The molecule has 1 saturated carbocycles. The highest BCUT2D eigenvalue weighted by atomic mass is 16.4. The van der Waals surface area contributed by atoms with Gasteiger partial charge in [0.25, 0.3) is 5.91 Å². The summed E-state index contributed by atoms with van der Waals surface area (Å²) >= 11 is 0. The molecular weight excluding hydrogens is 490 g/mol. The minimum absolute atomic E-state index is 0.00541. The summed E-state index contributed by atoms with van der Waals surface area (Å²) in [5.74, 6) is -1.40. The second-order valence-corrected chi connectivity index (χ2v) is 12.0. The van der Waals surface area contributed by atoms with Crippen molar-refractivity contribution >= 4 is 17.7 Å². The van der Waals surface area contributed by atoms with Gasteiger partial charge in [0.1, 0.15) is 5.54 Å². The molecule has 0 heterocycles. The van der Waals surface area contributed by atoms with E-state index in [2.05, 4.69) is 19.9 Å². The third kappa shape index (κ3) is 5.96. The van der Waals surface area contributed by atoms with E-state index in [1.165, 1.54) is 25.8 Å². The van der Waals surface area contributed by atoms with Crippen LogP contribution in [-0.2, 0) is 10.2 Å². The van der Waals surface area contributed by atoms with Crippen LogP contribution in [0.25, 0.3) is 0 Å². The molecular formula is C33H45NO5. The number of carbonyl (C=O) groups excluding carboxylic acids is 2. The maximum atomic E-state index is 13.2. The number of carbonyl (C=O) groups is 3. The number of nitrogens with zero attached hydrogens (tertiary/aromatic N) is 1. The van der Waals surface area contributed by atoms with Crippen LogP contribution in [-0.4, -0.2) is 51.0 Å². The lowest BCUT2D eigenvalue weighted by atomic mass is 9.69. The molecule has 6 nitrogen and oxygen atoms in total. The molecule has 0 spiro atoms. The predicted octanol–water partition coefficient (Wildman–Crippen LogP) is 6.61. The Labute approximate surface area is 233 Å². The summed E-state index contributed by atoms with van der Waals surface area (Å²) in [5.41, 5.74) is 2.51. The average molecular weight is 536 g/mol. The van der Waals surface area contributed by atoms with E-state index >= 15 is 0 Å². The standard InChI is InChI=1S/C33H45NO5/c1-8-33(9-2,25-14-16-27(23(4)20-25)29(36)34(7)31(5,6)30(37)38)24-13-15-26(22(3)19-24)28(35)21-32(39)17-11-10-12-18-32/h13-16,19-20,39H,8-12,17-18,21H2,1-7H3,(H,37,38). The molecule has 0 radical (unpaired) electrons. The van der Waals surface area contributed by atoms with Crippen molar-refractivity contribution < 1.29 is 24.6 Å². The first-order chi connectivity index (χ1) is 18.2. The fourth-order valence-electron chi connectivity index (χ4n) is 6.07. The maximum absolute atomic E-state index is 13.2. The molecule has 2 aromatic carbocycles. The Morgan fingerprint density at radius 3 is 1.79 bits per heavy atom. The zero-order valence-corrected chi connectivity index (χ0v) is 24.7. The first-order valence-corrected chi connectivity index (χ1v) is 14.2. The lowest BCUT2D eigenvalue weighted by Crippen LogP contribution is -2.50. The summed E-state index contributed by atoms with van der Waals surface area (Å²) in [6.07, 6.45) is 6.25. The third-order valence-corrected chi connectivity index (χ3v) is 9.24. The van der Waals surface area contributed by atoms with Crippen LogP contribution in [0, 0.1) is 13.8 Å². The first-order valence-electron chi connectivity index (χ1n) is 14.2. The normalized spacial score (nSPS) is 15.6. The van der Waals surface area contributed by atoms with Gasteiger partial charge in [0.05, 0.1) is 5.60 Å². The van der Waals surface area contributed by atoms with Gasteiger partial charge in [0.15, 0.2) is 5.78 Å². The first kappa shape index (κ1) is 30.6. The minimum Gasteiger partial charge on any atom is -0.480 e. The summed E-state index contributed by atoms with van der Waals surface area (Å²) in [6, 6.07) is 11.9. The van der Waals surface area contributed by atoms with Crippen LogP contribution >= 0.6 is 0 Å². The smallest absolute Gasteiger partial charge is 0.329 e. The average Bonchev–Trinajstić information content (AvgIpc) is 2.89. The Kier molecular flexibility index (Phi) is 9.11. The van der Waals surface area contributed by atoms with E-state index in [1.807, 2.05) is 38.1 Å². The van der Waals surface area contributed by atoms with Crippen LogP contribution < -0.4 is 0 Å². The van der Waals surface area contributed by atoms with Gasteiger partial charge in [-0.25, -0.2) is 4.79 Å². The van der Waals surface area contributed by atoms with Crippen molar-refractivity contribution in [3.8, 4) is 0 Å². The number of ketones is 1. The number of amides is 1. The fourth-order valence-corrected chi connectivity index (χ4v) is 6.07. The van der Waals surface area contributed by atoms with E-state index in [1.54, 1.807) is 6.07 Å². The molecule has 0 bridgehead atoms. The molecule has 0 atom stereocenters. The summed E-state index contributed by atoms with van der Waals surface area (Å²) < 4.78 is 0. The Hall–Kier alpha value is -2.99. The van der Waals surface area contributed by atoms with Gasteiger partial charge in [-0.1, -0.05) is 63.4 Å². The highest BCUT2D eigenvalue weighted by Crippen LogP contribution is 2.41. The van der Waals surface area contributed by atoms with Crippen LogP contribution in [0.4, 0.5) is 0 Å². The highest BCUT2D eigenvalue weighted by Gasteiger charge is 2.37. The van der Waals surface area contributed by atoms with Crippen LogP contribution in [0.2, 0.25) is 0 Å². The number of hydrogen-bond donors (Lipinski definition) is 2. The number of aliphatic carboxylic acids is 1. The largest absolute Gasteiger partial charge is 0.480 e. The molecule has 1 aliphatic carbocycles. The van der Waals surface area contributed by atoms with E-state index in [-0.39, 0.29) is 23.5 Å². The third-order valence-electron chi connectivity index (χ3n) is 9.24. The second-order valence-electron chi connectivity index (χ2n) is 12.0. The topological polar surface area (TPSA) is 94.9 Å². The zero-order valence-electron chi connectivity index (χ0n) is 24.7. The van der Waals surface area contributed by atoms with Crippen LogP contribution in [0.15, 0.2) is 36.4 Å². The Balaban J connectivity index is 1.94. The van der Waals surface area contributed by atoms with Gasteiger partial charge in [0.2, 0.25) is 0 Å². The van der Waals surface area contributed by atoms with E-state index in [9.17, 15) is 24.6 Å². The van der Waals surface area contributed by atoms with Gasteiger partial charge in [-0.15, -0.1) is 0 Å². The minimum atomic E-state index is -1.33. The van der Waals surface area contributed by atoms with Crippen LogP contribution in [0.1, 0.15) is 122 Å². The summed E-state index contributed by atoms with van der Waals surface area (Å²) in [6.45, 7) is 11.2. The number of aryl methyl sites for hydroxylation is 2. The van der Waals surface area contributed by atoms with Crippen molar-refractivity contribution in [2.24, 2.45) is 0 Å². The molecule has 2 aromatic rings. The molecule has 1 aliphatic rings. The summed E-state index contributed by atoms with van der Waals surface area (Å²) in [5, 5.41) is 20.5. The SMILES string of the molecule is CCC(CC)(c1ccc(C(=O)CC2(O)CCCCC2)c(C)c1)c1ccc(C(=O)N(C)C(C)(C)C(=O)O)c(C)c1. The molecule has 3 rings (SSSR count). The van der Waals surface area contributed by atoms with E-state index in [0.29, 0.717) is 24.0 Å². The number of benzene rings is 2. The highest BCUT2D eigenvalue weighted by molar-refractivity contribution is 5.99. The van der Waals surface area contributed by atoms with Gasteiger partial charge in [-0.05, 0) is 81.7 Å². The molecule has 1 fully saturated rings. The monoisotopic (exact) mass is 535 g/mol. The van der Waals surface area contributed by atoms with Crippen molar-refractivity contribution in [3.63, 3.8) is 0 Å². The van der Waals surface area contributed by atoms with Crippen LogP contribution in [0.3, 0.4) is 0 Å². The molecule has 0 saturated heterocycles. The van der Waals surface area contributed by atoms with Crippen molar-refractivity contribution in [1.29, 1.82) is 0 Å². The zero-order chi connectivity index (χ0) is 29.2. The van der Waals surface area contributed by atoms with Crippen molar-refractivity contribution in [2.75, 3.05) is 7.05 Å². The van der Waals surface area contributed by atoms with Crippen LogP contribution in [0.5, 0.6) is 0 Å². The van der Waals surface area contributed by atoms with Gasteiger partial charge in [-0.2, -0.15) is 0 Å². The van der Waals surface area contributed by atoms with Crippen molar-refractivity contribution in [3.05, 3.63) is 69.8 Å². The predicted molar refractivity (Wildman–Crippen MR) is 155 cm³/mol. The lowest BCUT2D eigenvalue weighted by Gasteiger charge is -2.35. The van der Waals surface area contributed by atoms with Gasteiger partial charge >= 0.3 is 5.97 Å². The lowest BCUT2D eigenvalue weighted by molar-refractivity contribution is -0.147. The fraction of sp³-hybridized carbons (Fsp3) is 0.545. The molecule has 1 amide bonds. The Morgan fingerprint density at radius 2 is 1.36 bits per heavy atom. The number of likely N-dealkylation sites (N-methyl/N-ethyl adjacent to an activating group) is 1. The molecule has 39 heavy (non-hydrogen) atoms. The van der Waals surface area contributed by atoms with Gasteiger partial charge < -0.3 is 15.1 Å². The molecule has 6 heteroatoms. The summed E-state index contributed by atoms with van der Waals surface area (Å²) in [4.78, 5) is 39.4. The number of aliphatic hydroxyl groups is 1. The van der Waals surface area contributed by atoms with Gasteiger partial charge in [0, 0.05) is 30.0 Å². The number of rotatable bonds is 10.